The zero-order chi connectivity index (χ0) is 88.6. The molecule has 20 heteroatoms. The molecular weight excluding hydrogens is 1530 g/mol. The quantitative estimate of drug-likeness (QED) is 0.128. The predicted octanol–water partition coefficient (Wildman–Crippen LogP) is 24.2. The maximum absolute atomic E-state index is 7.45. The Balaban J connectivity index is 0.000000113. The third-order valence-electron chi connectivity index (χ3n) is 23.5. The molecule has 6 atom stereocenters. The lowest BCUT2D eigenvalue weighted by Gasteiger charge is -2.30. The monoisotopic (exact) mass is 1640 g/mol. The van der Waals surface area contributed by atoms with Crippen molar-refractivity contribution < 1.29 is 4.11 Å². The number of anilines is 20. The van der Waals surface area contributed by atoms with E-state index in [-0.39, 0.29) is 37.0 Å². The Hall–Kier alpha value is -14.9. The third kappa shape index (κ3) is 16.4. The Bertz CT molecular complexity index is 5720. The number of hydrogen-bond acceptors (Lipinski definition) is 20. The van der Waals surface area contributed by atoms with E-state index in [2.05, 4.69) is 396 Å². The molecule has 0 fully saturated rings. The highest BCUT2D eigenvalue weighted by Gasteiger charge is 2.42. The Kier molecular flexibility index (Phi) is 23.5. The van der Waals surface area contributed by atoms with E-state index in [1.807, 2.05) is 98.0 Å². The van der Waals surface area contributed by atoms with E-state index in [0.717, 1.165) is 86.2 Å². The van der Waals surface area contributed by atoms with Crippen LogP contribution in [-0.2, 0) is 0 Å². The highest BCUT2D eigenvalue weighted by molar-refractivity contribution is 5.90. The molecule has 0 amide bonds. The van der Waals surface area contributed by atoms with Crippen LogP contribution in [-0.4, -0.2) is 95.8 Å². The van der Waals surface area contributed by atoms with Gasteiger partial charge < -0.3 is 58.8 Å². The van der Waals surface area contributed by atoms with Crippen molar-refractivity contribution in [2.45, 2.75) is 120 Å². The fourth-order valence-corrected chi connectivity index (χ4v) is 17.2. The minimum atomic E-state index is -2.09. The second-order valence-electron chi connectivity index (χ2n) is 31.2. The van der Waals surface area contributed by atoms with Crippen LogP contribution in [0.4, 0.5) is 115 Å². The zero-order valence-corrected chi connectivity index (χ0v) is 72.4. The molecular formula is C104H106N20. The lowest BCUT2D eigenvalue weighted by Crippen LogP contribution is -2.36. The van der Waals surface area contributed by atoms with Gasteiger partial charge in [0.1, 0.15) is 37.0 Å². The van der Waals surface area contributed by atoms with Gasteiger partial charge in [0.2, 0.25) is 0 Å². The second kappa shape index (κ2) is 37.0. The number of fused-ring (bicyclic) bond motifs is 5. The van der Waals surface area contributed by atoms with Crippen molar-refractivity contribution in [3.05, 3.63) is 387 Å². The van der Waals surface area contributed by atoms with Gasteiger partial charge in [-0.3, -0.25) is 0 Å². The van der Waals surface area contributed by atoms with Crippen LogP contribution in [0.25, 0.3) is 0 Å². The smallest absolute Gasteiger partial charge is 0.178 e. The summed E-state index contributed by atoms with van der Waals surface area (Å²) in [5.41, 5.74) is 21.3. The minimum absolute atomic E-state index is 0.107. The van der Waals surface area contributed by atoms with Gasteiger partial charge in [-0.25, -0.2) is 39.9 Å². The maximum atomic E-state index is 7.45. The van der Waals surface area contributed by atoms with E-state index in [1.165, 1.54) is 66.8 Å². The maximum Gasteiger partial charge on any atom is 0.178 e. The molecule has 6 unspecified atom stereocenters. The Morgan fingerprint density at radius 1 is 0.210 bits per heavy atom. The number of para-hydroxylation sites is 10. The lowest BCUT2D eigenvalue weighted by molar-refractivity contribution is 0.383. The average Bonchev–Trinajstić information content (AvgIpc) is 1.61. The van der Waals surface area contributed by atoms with Crippen LogP contribution in [0.1, 0.15) is 79.0 Å². The molecule has 622 valence electrons. The molecule has 0 saturated carbocycles. The average molecular weight is 1640 g/mol. The summed E-state index contributed by atoms with van der Waals surface area (Å²) in [5.74, 6) is 7.49. The Labute approximate surface area is 734 Å². The largest absolute Gasteiger partial charge is 0.359 e. The summed E-state index contributed by atoms with van der Waals surface area (Å²) in [5, 5.41) is 0. The molecule has 6 aliphatic heterocycles. The molecule has 124 heavy (non-hydrogen) atoms. The van der Waals surface area contributed by atoms with E-state index < -0.39 is 6.98 Å². The molecule has 0 bridgehead atoms. The first kappa shape index (κ1) is 78.9. The van der Waals surface area contributed by atoms with E-state index >= 15 is 0 Å². The number of pyridine rings is 2. The summed E-state index contributed by atoms with van der Waals surface area (Å²) < 4.78 is 22.3. The fraction of sp³-hybridized carbons (Fsp3) is 0.192. The van der Waals surface area contributed by atoms with Crippen molar-refractivity contribution in [3.63, 3.8) is 0 Å². The van der Waals surface area contributed by atoms with Crippen molar-refractivity contribution in [2.24, 2.45) is 0 Å². The molecule has 0 N–H and O–H groups in total. The number of rotatable bonds is 10. The van der Waals surface area contributed by atoms with Crippen LogP contribution in [0.3, 0.4) is 0 Å². The van der Waals surface area contributed by atoms with Gasteiger partial charge in [-0.1, -0.05) is 182 Å². The number of aromatic nitrogens is 8. The first-order valence-corrected chi connectivity index (χ1v) is 42.2. The van der Waals surface area contributed by atoms with Gasteiger partial charge in [-0.2, -0.15) is 0 Å². The van der Waals surface area contributed by atoms with Crippen LogP contribution in [0.15, 0.2) is 353 Å². The van der Waals surface area contributed by atoms with E-state index in [9.17, 15) is 0 Å². The SMILES string of the molecule is Cc1ccccc1N1c2cccnc2N(c2ccccc2)C1C.Cc1ccccc1N1c2ncccc2N(c2ccccc2)C1C.Cc1ccccc1N1c2nccnc2N(C)C1C.Cc1ccccc1N1c2nccnc2N(c2ccccc2)C1C.Cc1ccccc1N1c2nccnc2N(c2ccccc2)C1C.[2H]C([2H])([2H])N1C=CN(c2ccccc2C)C1C. The van der Waals surface area contributed by atoms with Crippen LogP contribution in [0, 0.1) is 41.5 Å². The summed E-state index contributed by atoms with van der Waals surface area (Å²) in [6.07, 6.45) is 18.3. The van der Waals surface area contributed by atoms with E-state index in [0.29, 0.717) is 0 Å². The highest BCUT2D eigenvalue weighted by atomic mass is 15.5. The minimum Gasteiger partial charge on any atom is -0.359 e. The third-order valence-corrected chi connectivity index (χ3v) is 23.5. The van der Waals surface area contributed by atoms with Crippen molar-refractivity contribution in [3.8, 4) is 0 Å². The van der Waals surface area contributed by atoms with Crippen LogP contribution < -0.4 is 53.9 Å². The predicted molar refractivity (Wildman–Crippen MR) is 511 cm³/mol. The van der Waals surface area contributed by atoms with Crippen molar-refractivity contribution in [1.82, 2.24) is 44.8 Å². The van der Waals surface area contributed by atoms with Gasteiger partial charge >= 0.3 is 0 Å². The standard InChI is InChI=1S/2C20H19N3.2C19H18N4.C14H16N4.C12H16N2/c1-15-9-6-7-12-18(15)23-16(2)22(17-10-4-3-5-11-17)20-19(23)13-8-14-21-20;1-15-9-6-7-12-18(15)23-16(2)22(17-10-4-3-5-11-17)19-13-8-14-21-20(19)23;2*1-14-8-6-7-11-17(14)23-15(2)22(16-9-4-3-5-10-16)18-19(23)21-13-12-20-18;1-10-6-4-5-7-12(10)18-11(2)17(3)13-14(18)16-9-8-15-13;1-10-6-4-5-7-12(10)14-9-8-13(3)11(14)2/h2*3-14,16H,1-2H3;2*3-13,15H,1-2H3;4-9,11H,1-3H3;4-9,11H,1-3H3/i;;;;;3D3. The first-order valence-electron chi connectivity index (χ1n) is 43.7. The summed E-state index contributed by atoms with van der Waals surface area (Å²) in [6.45, 7) is 23.5. The Morgan fingerprint density at radius 3 is 0.806 bits per heavy atom. The van der Waals surface area contributed by atoms with Gasteiger partial charge in [0.25, 0.3) is 0 Å². The molecule has 0 saturated heterocycles. The number of benzene rings is 10. The zero-order valence-electron chi connectivity index (χ0n) is 75.4. The van der Waals surface area contributed by atoms with E-state index in [1.54, 1.807) is 43.4 Å². The lowest BCUT2D eigenvalue weighted by atomic mass is 10.1. The number of aryl methyl sites for hydroxylation is 6. The number of nitrogens with zero attached hydrogens (tertiary/aromatic N) is 20. The van der Waals surface area contributed by atoms with Gasteiger partial charge in [0.15, 0.2) is 46.5 Å². The van der Waals surface area contributed by atoms with Crippen LogP contribution in [0.5, 0.6) is 0 Å². The van der Waals surface area contributed by atoms with Crippen LogP contribution >= 0.6 is 0 Å². The topological polar surface area (TPSA) is 142 Å². The van der Waals surface area contributed by atoms with Crippen LogP contribution in [0.2, 0.25) is 0 Å². The molecule has 5 aromatic heterocycles. The summed E-state index contributed by atoms with van der Waals surface area (Å²) in [4.78, 5) is 62.7. The summed E-state index contributed by atoms with van der Waals surface area (Å²) >= 11 is 0. The summed E-state index contributed by atoms with van der Waals surface area (Å²) in [6, 6.07) is 100. The van der Waals surface area contributed by atoms with Crippen molar-refractivity contribution in [1.29, 1.82) is 0 Å². The van der Waals surface area contributed by atoms with Gasteiger partial charge in [-0.05, 0) is 226 Å². The molecule has 10 aromatic carbocycles. The van der Waals surface area contributed by atoms with E-state index in [4.69, 9.17) is 4.11 Å². The molecule has 0 aliphatic carbocycles. The molecule has 11 heterocycles. The first-order chi connectivity index (χ1) is 61.7. The molecule has 6 aliphatic rings. The fourth-order valence-electron chi connectivity index (χ4n) is 17.2. The molecule has 20 nitrogen and oxygen atoms in total. The molecule has 0 spiro atoms. The van der Waals surface area contributed by atoms with Gasteiger partial charge in [0, 0.05) is 137 Å². The van der Waals surface area contributed by atoms with Crippen molar-refractivity contribution in [2.75, 3.05) is 67.9 Å². The summed E-state index contributed by atoms with van der Waals surface area (Å²) in [7, 11) is 2.05. The molecule has 21 rings (SSSR count). The van der Waals surface area contributed by atoms with Gasteiger partial charge in [-0.15, -0.1) is 0 Å². The molecule has 15 aromatic rings. The number of hydrogen-bond donors (Lipinski definition) is 0. The van der Waals surface area contributed by atoms with Gasteiger partial charge in [0.05, 0.1) is 11.4 Å². The highest BCUT2D eigenvalue weighted by Crippen LogP contribution is 2.51. The normalized spacial score (nSPS) is 17.7. The molecule has 0 radical (unpaired) electrons. The van der Waals surface area contributed by atoms with Crippen molar-refractivity contribution >= 4 is 115 Å². The Morgan fingerprint density at radius 2 is 0.452 bits per heavy atom. The second-order valence-corrected chi connectivity index (χ2v) is 31.2.